The van der Waals surface area contributed by atoms with Crippen molar-refractivity contribution in [3.05, 3.63) is 24.3 Å². The molecule has 1 aromatic rings. The zero-order chi connectivity index (χ0) is 9.40. The van der Waals surface area contributed by atoms with Gasteiger partial charge in [-0.2, -0.15) is 0 Å². The van der Waals surface area contributed by atoms with Gasteiger partial charge in [-0.05, 0) is 12.1 Å². The van der Waals surface area contributed by atoms with Crippen LogP contribution < -0.4 is 9.31 Å². The normalized spacial score (nSPS) is 7.83. The van der Waals surface area contributed by atoms with Crippen LogP contribution in [0.1, 0.15) is 13.8 Å². The summed E-state index contributed by atoms with van der Waals surface area (Å²) in [6, 6.07) is 6.70. The Balaban J connectivity index is 0.000000561. The van der Waals surface area contributed by atoms with Gasteiger partial charge in [0.05, 0.1) is 0 Å². The molecule has 12 heavy (non-hydrogen) atoms. The second kappa shape index (κ2) is 6.65. The summed E-state index contributed by atoms with van der Waals surface area (Å²) >= 11 is 0. The average molecular weight is 160 g/mol. The molecule has 0 saturated heterocycles. The molecule has 60 valence electrons. The molecule has 0 fully saturated rings. The SMILES string of the molecule is CC.[B]Oc1cccc(O[B])c1. The minimum Gasteiger partial charge on any atom is -0.568 e. The highest BCUT2D eigenvalue weighted by molar-refractivity contribution is 6.00. The van der Waals surface area contributed by atoms with Crippen molar-refractivity contribution in [1.82, 2.24) is 0 Å². The molecule has 4 heteroatoms. The predicted molar refractivity (Wildman–Crippen MR) is 50.6 cm³/mol. The molecular weight excluding hydrogens is 150 g/mol. The van der Waals surface area contributed by atoms with Crippen LogP contribution >= 0.6 is 0 Å². The highest BCUT2D eigenvalue weighted by Crippen LogP contribution is 2.17. The molecule has 0 saturated carbocycles. The minimum atomic E-state index is 0.517. The van der Waals surface area contributed by atoms with E-state index in [0.29, 0.717) is 11.5 Å². The van der Waals surface area contributed by atoms with Crippen LogP contribution in [0.25, 0.3) is 0 Å². The van der Waals surface area contributed by atoms with E-state index in [1.807, 2.05) is 13.8 Å². The number of hydrogen-bond donors (Lipinski definition) is 0. The standard InChI is InChI=1S/C6H4B2O2.C2H6/c7-9-5-2-1-3-6(4-5)10-8;1-2/h1-4H;1-2H3. The molecule has 1 rings (SSSR count). The number of hydrogen-bond acceptors (Lipinski definition) is 2. The Bertz CT molecular complexity index is 197. The number of benzene rings is 1. The summed E-state index contributed by atoms with van der Waals surface area (Å²) in [6.07, 6.45) is 0. The zero-order valence-corrected chi connectivity index (χ0v) is 7.28. The quantitative estimate of drug-likeness (QED) is 0.612. The Morgan fingerprint density at radius 2 is 1.42 bits per heavy atom. The third kappa shape index (κ3) is 3.37. The molecule has 0 unspecified atom stereocenters. The summed E-state index contributed by atoms with van der Waals surface area (Å²) in [5.41, 5.74) is 0. The molecule has 1 aromatic carbocycles. The summed E-state index contributed by atoms with van der Waals surface area (Å²) in [5, 5.41) is 0. The van der Waals surface area contributed by atoms with E-state index >= 15 is 0 Å². The third-order valence-electron chi connectivity index (χ3n) is 1.08. The van der Waals surface area contributed by atoms with Crippen molar-refractivity contribution < 1.29 is 9.31 Å². The Labute approximate surface area is 75.8 Å². The highest BCUT2D eigenvalue weighted by atomic mass is 16.4. The lowest BCUT2D eigenvalue weighted by molar-refractivity contribution is 0.588. The van der Waals surface area contributed by atoms with Crippen LogP contribution in [-0.2, 0) is 0 Å². The predicted octanol–water partition coefficient (Wildman–Crippen LogP) is 1.64. The highest BCUT2D eigenvalue weighted by Gasteiger charge is 1.91. The maximum Gasteiger partial charge on any atom is 0.374 e. The molecule has 0 heterocycles. The van der Waals surface area contributed by atoms with Gasteiger partial charge in [-0.15, -0.1) is 0 Å². The van der Waals surface area contributed by atoms with E-state index in [1.54, 1.807) is 24.3 Å². The van der Waals surface area contributed by atoms with Gasteiger partial charge in [0.15, 0.2) is 0 Å². The van der Waals surface area contributed by atoms with Crippen LogP contribution in [0, 0.1) is 0 Å². The van der Waals surface area contributed by atoms with Gasteiger partial charge in [0.25, 0.3) is 0 Å². The van der Waals surface area contributed by atoms with Crippen LogP contribution in [0.5, 0.6) is 11.5 Å². The van der Waals surface area contributed by atoms with Crippen molar-refractivity contribution in [1.29, 1.82) is 0 Å². The van der Waals surface area contributed by atoms with Gasteiger partial charge in [0.1, 0.15) is 11.5 Å². The van der Waals surface area contributed by atoms with Gasteiger partial charge in [0, 0.05) is 6.07 Å². The van der Waals surface area contributed by atoms with E-state index in [4.69, 9.17) is 16.1 Å². The van der Waals surface area contributed by atoms with Crippen molar-refractivity contribution in [2.24, 2.45) is 0 Å². The first-order valence-electron chi connectivity index (χ1n) is 3.70. The Kier molecular flexibility index (Phi) is 6.07. The van der Waals surface area contributed by atoms with Crippen molar-refractivity contribution >= 4 is 16.1 Å². The van der Waals surface area contributed by atoms with Gasteiger partial charge in [0.2, 0.25) is 0 Å². The molecular formula is C8H10B2O2. The minimum absolute atomic E-state index is 0.517. The summed E-state index contributed by atoms with van der Waals surface area (Å²) in [7, 11) is 9.75. The largest absolute Gasteiger partial charge is 0.568 e. The van der Waals surface area contributed by atoms with Gasteiger partial charge in [-0.3, -0.25) is 0 Å². The molecule has 0 spiro atoms. The summed E-state index contributed by atoms with van der Waals surface area (Å²) in [5.74, 6) is 1.03. The third-order valence-corrected chi connectivity index (χ3v) is 1.08. The van der Waals surface area contributed by atoms with Crippen molar-refractivity contribution in [3.8, 4) is 11.5 Å². The first-order chi connectivity index (χ1) is 5.86. The molecule has 4 radical (unpaired) electrons. The maximum absolute atomic E-state index is 4.88. The van der Waals surface area contributed by atoms with Gasteiger partial charge in [-0.1, -0.05) is 19.9 Å². The summed E-state index contributed by atoms with van der Waals surface area (Å²) in [4.78, 5) is 0. The topological polar surface area (TPSA) is 18.5 Å². The van der Waals surface area contributed by atoms with Crippen LogP contribution in [0.4, 0.5) is 0 Å². The first kappa shape index (κ1) is 10.9. The Hall–Kier alpha value is -1.05. The molecule has 2 nitrogen and oxygen atoms in total. The lowest BCUT2D eigenvalue weighted by Gasteiger charge is -2.02. The fourth-order valence-electron chi connectivity index (χ4n) is 0.621. The average Bonchev–Trinajstić information content (AvgIpc) is 2.21. The summed E-state index contributed by atoms with van der Waals surface area (Å²) < 4.78 is 8.84. The molecule has 0 bridgehead atoms. The fraction of sp³-hybridized carbons (Fsp3) is 0.250. The van der Waals surface area contributed by atoms with Crippen molar-refractivity contribution in [2.75, 3.05) is 0 Å². The van der Waals surface area contributed by atoms with Crippen LogP contribution in [0.3, 0.4) is 0 Å². The molecule has 0 aliphatic rings. The molecule has 0 aliphatic heterocycles. The van der Waals surface area contributed by atoms with E-state index in [9.17, 15) is 0 Å². The van der Waals surface area contributed by atoms with Crippen LogP contribution in [0.15, 0.2) is 24.3 Å². The molecule has 0 aliphatic carbocycles. The lowest BCUT2D eigenvalue weighted by Crippen LogP contribution is -1.87. The number of rotatable bonds is 2. The van der Waals surface area contributed by atoms with E-state index < -0.39 is 0 Å². The molecule has 0 N–H and O–H groups in total. The molecule has 0 atom stereocenters. The van der Waals surface area contributed by atoms with E-state index in [-0.39, 0.29) is 0 Å². The fourth-order valence-corrected chi connectivity index (χ4v) is 0.621. The van der Waals surface area contributed by atoms with Gasteiger partial charge < -0.3 is 9.31 Å². The molecule has 0 amide bonds. The second-order valence-corrected chi connectivity index (χ2v) is 1.71. The van der Waals surface area contributed by atoms with Crippen LogP contribution in [0.2, 0.25) is 0 Å². The Morgan fingerprint density at radius 1 is 1.00 bits per heavy atom. The van der Waals surface area contributed by atoms with Crippen LogP contribution in [-0.4, -0.2) is 16.1 Å². The van der Waals surface area contributed by atoms with Crippen molar-refractivity contribution in [2.45, 2.75) is 13.8 Å². The van der Waals surface area contributed by atoms with E-state index in [0.717, 1.165) is 0 Å². The zero-order valence-electron chi connectivity index (χ0n) is 7.28. The monoisotopic (exact) mass is 160 g/mol. The van der Waals surface area contributed by atoms with Gasteiger partial charge >= 0.3 is 16.1 Å². The van der Waals surface area contributed by atoms with E-state index in [2.05, 4.69) is 9.31 Å². The first-order valence-corrected chi connectivity index (χ1v) is 3.70. The second-order valence-electron chi connectivity index (χ2n) is 1.71. The lowest BCUT2D eigenvalue weighted by atomic mass is 10.3. The van der Waals surface area contributed by atoms with Gasteiger partial charge in [-0.25, -0.2) is 0 Å². The Morgan fingerprint density at radius 3 is 1.75 bits per heavy atom. The van der Waals surface area contributed by atoms with Crippen molar-refractivity contribution in [3.63, 3.8) is 0 Å². The molecule has 0 aromatic heterocycles. The summed E-state index contributed by atoms with van der Waals surface area (Å²) in [6.45, 7) is 4.00. The smallest absolute Gasteiger partial charge is 0.374 e. The van der Waals surface area contributed by atoms with E-state index in [1.165, 1.54) is 0 Å². The maximum atomic E-state index is 4.88.